The summed E-state index contributed by atoms with van der Waals surface area (Å²) in [6.07, 6.45) is 0. The van der Waals surface area contributed by atoms with E-state index in [-0.39, 0.29) is 0 Å². The molecule has 0 radical (unpaired) electrons. The molecule has 0 aliphatic rings. The molecule has 4 heteroatoms. The van der Waals surface area contributed by atoms with E-state index in [2.05, 4.69) is 192 Å². The van der Waals surface area contributed by atoms with Gasteiger partial charge in [0.05, 0.1) is 5.69 Å². The van der Waals surface area contributed by atoms with E-state index in [4.69, 9.17) is 8.83 Å². The summed E-state index contributed by atoms with van der Waals surface area (Å²) in [6, 6.07) is 72.7. The molecule has 0 aliphatic heterocycles. The van der Waals surface area contributed by atoms with Crippen LogP contribution in [0.5, 0.6) is 0 Å². The van der Waals surface area contributed by atoms with Gasteiger partial charge in [0.25, 0.3) is 0 Å². The van der Waals surface area contributed by atoms with Gasteiger partial charge in [-0.15, -0.1) is 0 Å². The SMILES string of the molecule is c1ccc(N(c2ccc(-c3ccc(N(c4ccccc4)c4ccc5oc6ccccc6c5c4)c4ccccc34)cc2)c2ccc3c(c2)oc2ccccc23)cc1. The molecule has 0 amide bonds. The van der Waals surface area contributed by atoms with E-state index in [9.17, 15) is 0 Å². The Morgan fingerprint density at radius 1 is 0.268 bits per heavy atom. The minimum atomic E-state index is 0.871. The van der Waals surface area contributed by atoms with Crippen molar-refractivity contribution in [3.63, 3.8) is 0 Å². The Hall–Kier alpha value is -7.56. The Morgan fingerprint density at radius 2 is 0.750 bits per heavy atom. The smallest absolute Gasteiger partial charge is 0.137 e. The Kier molecular flexibility index (Phi) is 7.46. The minimum absolute atomic E-state index is 0.871. The van der Waals surface area contributed by atoms with E-state index >= 15 is 0 Å². The lowest BCUT2D eigenvalue weighted by atomic mass is 9.96. The average molecular weight is 719 g/mol. The molecule has 0 N–H and O–H groups in total. The molecule has 0 saturated carbocycles. The predicted molar refractivity (Wildman–Crippen MR) is 233 cm³/mol. The number of anilines is 6. The summed E-state index contributed by atoms with van der Waals surface area (Å²) < 4.78 is 12.5. The van der Waals surface area contributed by atoms with Crippen molar-refractivity contribution in [2.45, 2.75) is 0 Å². The van der Waals surface area contributed by atoms with Crippen molar-refractivity contribution in [2.24, 2.45) is 0 Å². The van der Waals surface area contributed by atoms with Gasteiger partial charge in [-0.05, 0) is 101 Å². The number of fused-ring (bicyclic) bond motifs is 7. The summed E-state index contributed by atoms with van der Waals surface area (Å²) in [5.74, 6) is 0. The highest BCUT2D eigenvalue weighted by Gasteiger charge is 2.20. The monoisotopic (exact) mass is 718 g/mol. The lowest BCUT2D eigenvalue weighted by Crippen LogP contribution is -2.10. The van der Waals surface area contributed by atoms with Crippen LogP contribution in [-0.4, -0.2) is 0 Å². The number of hydrogen-bond acceptors (Lipinski definition) is 4. The van der Waals surface area contributed by atoms with Gasteiger partial charge >= 0.3 is 0 Å². The molecular weight excluding hydrogens is 685 g/mol. The summed E-state index contributed by atoms with van der Waals surface area (Å²) in [7, 11) is 0. The van der Waals surface area contributed by atoms with Crippen LogP contribution < -0.4 is 9.80 Å². The minimum Gasteiger partial charge on any atom is -0.456 e. The normalized spacial score (nSPS) is 11.6. The molecule has 9 aromatic carbocycles. The highest BCUT2D eigenvalue weighted by Crippen LogP contribution is 2.44. The molecule has 0 aliphatic carbocycles. The summed E-state index contributed by atoms with van der Waals surface area (Å²) in [5, 5.41) is 6.81. The van der Waals surface area contributed by atoms with Crippen LogP contribution in [0.1, 0.15) is 0 Å². The molecule has 11 rings (SSSR count). The van der Waals surface area contributed by atoms with E-state index in [1.807, 2.05) is 24.3 Å². The lowest BCUT2D eigenvalue weighted by molar-refractivity contribution is 0.668. The van der Waals surface area contributed by atoms with Gasteiger partial charge in [-0.3, -0.25) is 0 Å². The third-order valence-corrected chi connectivity index (χ3v) is 10.8. The van der Waals surface area contributed by atoms with Crippen LogP contribution in [0.2, 0.25) is 0 Å². The van der Waals surface area contributed by atoms with Gasteiger partial charge in [0.15, 0.2) is 0 Å². The van der Waals surface area contributed by atoms with Gasteiger partial charge in [-0.2, -0.15) is 0 Å². The molecule has 264 valence electrons. The summed E-state index contributed by atoms with van der Waals surface area (Å²) >= 11 is 0. The molecule has 0 bridgehead atoms. The highest BCUT2D eigenvalue weighted by molar-refractivity contribution is 6.10. The van der Waals surface area contributed by atoms with Crippen LogP contribution in [0.25, 0.3) is 65.8 Å². The molecule has 0 saturated heterocycles. The maximum atomic E-state index is 6.31. The second kappa shape index (κ2) is 13.1. The maximum absolute atomic E-state index is 6.31. The number of nitrogens with zero attached hydrogens (tertiary/aromatic N) is 2. The van der Waals surface area contributed by atoms with Gasteiger partial charge in [0.2, 0.25) is 0 Å². The zero-order valence-corrected chi connectivity index (χ0v) is 30.3. The van der Waals surface area contributed by atoms with E-state index in [1.165, 1.54) is 16.3 Å². The summed E-state index contributed by atoms with van der Waals surface area (Å²) in [5.41, 5.74) is 12.3. The number of para-hydroxylation sites is 4. The topological polar surface area (TPSA) is 32.8 Å². The molecule has 56 heavy (non-hydrogen) atoms. The van der Waals surface area contributed by atoms with Crippen molar-refractivity contribution in [3.05, 3.63) is 206 Å². The zero-order chi connectivity index (χ0) is 37.0. The molecule has 2 heterocycles. The van der Waals surface area contributed by atoms with E-state index in [0.717, 1.165) is 83.6 Å². The number of hydrogen-bond donors (Lipinski definition) is 0. The molecule has 0 atom stereocenters. The number of furan rings is 2. The Bertz CT molecular complexity index is 3200. The highest BCUT2D eigenvalue weighted by atomic mass is 16.3. The first kappa shape index (κ1) is 31.9. The Balaban J connectivity index is 1.01. The average Bonchev–Trinajstić information content (AvgIpc) is 3.83. The lowest BCUT2D eigenvalue weighted by Gasteiger charge is -2.28. The van der Waals surface area contributed by atoms with Gasteiger partial charge in [-0.1, -0.05) is 115 Å². The molecular formula is C52H34N2O2. The van der Waals surface area contributed by atoms with Crippen LogP contribution in [0.3, 0.4) is 0 Å². The first-order chi connectivity index (χ1) is 27.8. The van der Waals surface area contributed by atoms with Crippen LogP contribution >= 0.6 is 0 Å². The van der Waals surface area contributed by atoms with E-state index < -0.39 is 0 Å². The fraction of sp³-hybridized carbons (Fsp3) is 0. The van der Waals surface area contributed by atoms with Crippen LogP contribution in [-0.2, 0) is 0 Å². The fourth-order valence-electron chi connectivity index (χ4n) is 8.26. The van der Waals surface area contributed by atoms with Gasteiger partial charge in [-0.25, -0.2) is 0 Å². The van der Waals surface area contributed by atoms with Gasteiger partial charge in [0.1, 0.15) is 22.3 Å². The molecule has 0 fully saturated rings. The van der Waals surface area contributed by atoms with Crippen molar-refractivity contribution in [3.8, 4) is 11.1 Å². The van der Waals surface area contributed by atoms with Crippen molar-refractivity contribution in [2.75, 3.05) is 9.80 Å². The third-order valence-electron chi connectivity index (χ3n) is 10.8. The number of rotatable bonds is 7. The third kappa shape index (κ3) is 5.31. The Morgan fingerprint density at radius 3 is 1.46 bits per heavy atom. The first-order valence-corrected chi connectivity index (χ1v) is 18.9. The molecule has 4 nitrogen and oxygen atoms in total. The van der Waals surface area contributed by atoms with E-state index in [0.29, 0.717) is 0 Å². The van der Waals surface area contributed by atoms with Gasteiger partial charge < -0.3 is 18.6 Å². The molecule has 0 spiro atoms. The quantitative estimate of drug-likeness (QED) is 0.164. The standard InChI is InChI=1S/C52H34N2O2/c1-3-13-36(14-4-1)53(40-27-29-46-44-19-9-11-21-49(44)56-52(46)34-40)38-25-23-35(24-26-38)41-30-31-48(43-18-8-7-17-42(41)43)54(37-15-5-2-6-16-37)39-28-32-51-47(33-39)45-20-10-12-22-50(45)55-51/h1-34H. The van der Waals surface area contributed by atoms with E-state index in [1.54, 1.807) is 0 Å². The predicted octanol–water partition coefficient (Wildman–Crippen LogP) is 15.2. The Labute approximate surface area is 323 Å². The van der Waals surface area contributed by atoms with Crippen LogP contribution in [0, 0.1) is 0 Å². The van der Waals surface area contributed by atoms with Crippen LogP contribution in [0.15, 0.2) is 215 Å². The van der Waals surface area contributed by atoms with Crippen molar-refractivity contribution in [1.29, 1.82) is 0 Å². The largest absolute Gasteiger partial charge is 0.456 e. The molecule has 0 unspecified atom stereocenters. The molecule has 2 aromatic heterocycles. The van der Waals surface area contributed by atoms with Gasteiger partial charge in [0, 0.05) is 61.4 Å². The summed E-state index contributed by atoms with van der Waals surface area (Å²) in [6.45, 7) is 0. The number of benzene rings is 9. The zero-order valence-electron chi connectivity index (χ0n) is 30.3. The van der Waals surface area contributed by atoms with Crippen molar-refractivity contribution < 1.29 is 8.83 Å². The fourth-order valence-corrected chi connectivity index (χ4v) is 8.26. The second-order valence-corrected chi connectivity index (χ2v) is 14.1. The second-order valence-electron chi connectivity index (χ2n) is 14.1. The van der Waals surface area contributed by atoms with Crippen molar-refractivity contribution >= 4 is 88.8 Å². The summed E-state index contributed by atoms with van der Waals surface area (Å²) in [4.78, 5) is 4.64. The first-order valence-electron chi connectivity index (χ1n) is 18.9. The van der Waals surface area contributed by atoms with Crippen LogP contribution in [0.4, 0.5) is 34.1 Å². The molecule has 11 aromatic rings. The maximum Gasteiger partial charge on any atom is 0.137 e. The van der Waals surface area contributed by atoms with Crippen molar-refractivity contribution in [1.82, 2.24) is 0 Å².